The van der Waals surface area contributed by atoms with Crippen molar-refractivity contribution in [3.8, 4) is 16.6 Å². The van der Waals surface area contributed by atoms with E-state index in [0.29, 0.717) is 17.1 Å². The second kappa shape index (κ2) is 7.40. The Morgan fingerprint density at radius 2 is 1.97 bits per heavy atom. The van der Waals surface area contributed by atoms with Crippen LogP contribution in [-0.2, 0) is 12.7 Å². The van der Waals surface area contributed by atoms with Gasteiger partial charge < -0.3 is 4.57 Å². The summed E-state index contributed by atoms with van der Waals surface area (Å²) in [5.41, 5.74) is 1.72. The van der Waals surface area contributed by atoms with Crippen molar-refractivity contribution in [1.82, 2.24) is 9.55 Å². The van der Waals surface area contributed by atoms with Crippen LogP contribution in [0.15, 0.2) is 47.8 Å². The molecule has 0 amide bonds. The fraction of sp³-hybridized carbons (Fsp3) is 0.217. The average molecular weight is 458 g/mol. The molecule has 4 aromatic rings. The maximum Gasteiger partial charge on any atom is 0.418 e. The lowest BCUT2D eigenvalue weighted by atomic mass is 10.0. The fourth-order valence-electron chi connectivity index (χ4n) is 3.95. The van der Waals surface area contributed by atoms with Gasteiger partial charge in [0.2, 0.25) is 0 Å². The molecule has 1 fully saturated rings. The molecule has 0 saturated heterocycles. The fourth-order valence-corrected chi connectivity index (χ4v) is 5.08. The van der Waals surface area contributed by atoms with Gasteiger partial charge in [-0.05, 0) is 43.0 Å². The number of halogens is 4. The third-order valence-corrected chi connectivity index (χ3v) is 6.75. The van der Waals surface area contributed by atoms with Crippen LogP contribution in [0.5, 0.6) is 0 Å². The first-order valence-electron chi connectivity index (χ1n) is 9.69. The molecule has 2 heterocycles. The zero-order valence-corrected chi connectivity index (χ0v) is 17.7. The molecule has 0 N–H and O–H groups in total. The molecule has 156 valence electrons. The first-order valence-corrected chi connectivity index (χ1v) is 11.0. The van der Waals surface area contributed by atoms with Crippen molar-refractivity contribution in [1.29, 1.82) is 5.26 Å². The second-order valence-corrected chi connectivity index (χ2v) is 8.85. The Kier molecular flexibility index (Phi) is 4.80. The predicted molar refractivity (Wildman–Crippen MR) is 115 cm³/mol. The first-order chi connectivity index (χ1) is 14.9. The molecule has 1 saturated carbocycles. The van der Waals surface area contributed by atoms with E-state index in [1.807, 2.05) is 28.1 Å². The molecular formula is C23H15ClF3N3S. The summed E-state index contributed by atoms with van der Waals surface area (Å²) in [5.74, 6) is 0.237. The molecule has 1 aliphatic rings. The number of nitrogens with zero attached hydrogens (tertiary/aromatic N) is 3. The Bertz CT molecular complexity index is 1340. The highest BCUT2D eigenvalue weighted by molar-refractivity contribution is 7.13. The van der Waals surface area contributed by atoms with Gasteiger partial charge in [0.25, 0.3) is 0 Å². The summed E-state index contributed by atoms with van der Waals surface area (Å²) in [5, 5.41) is 12.6. The lowest BCUT2D eigenvalue weighted by Crippen LogP contribution is -2.09. The van der Waals surface area contributed by atoms with Crippen molar-refractivity contribution in [2.75, 3.05) is 0 Å². The van der Waals surface area contributed by atoms with Crippen LogP contribution in [0.4, 0.5) is 13.2 Å². The van der Waals surface area contributed by atoms with E-state index in [-0.39, 0.29) is 16.9 Å². The third-order valence-electron chi connectivity index (χ3n) is 5.49. The molecule has 2 aromatic carbocycles. The Morgan fingerprint density at radius 3 is 2.65 bits per heavy atom. The lowest BCUT2D eigenvalue weighted by Gasteiger charge is -2.12. The normalized spacial score (nSPS) is 14.2. The van der Waals surface area contributed by atoms with E-state index < -0.39 is 11.7 Å². The first kappa shape index (κ1) is 20.1. The Balaban J connectivity index is 1.62. The predicted octanol–water partition coefficient (Wildman–Crippen LogP) is 7.23. The number of nitriles is 1. The van der Waals surface area contributed by atoms with Crippen molar-refractivity contribution in [3.63, 3.8) is 0 Å². The van der Waals surface area contributed by atoms with Crippen LogP contribution >= 0.6 is 22.9 Å². The highest BCUT2D eigenvalue weighted by atomic mass is 35.5. The summed E-state index contributed by atoms with van der Waals surface area (Å²) in [4.78, 5) is 4.69. The van der Waals surface area contributed by atoms with Crippen LogP contribution in [0.2, 0.25) is 5.02 Å². The second-order valence-electron chi connectivity index (χ2n) is 7.58. The molecule has 31 heavy (non-hydrogen) atoms. The Hall–Kier alpha value is -2.82. The van der Waals surface area contributed by atoms with Gasteiger partial charge in [-0.3, -0.25) is 0 Å². The number of alkyl halides is 3. The van der Waals surface area contributed by atoms with Gasteiger partial charge in [0.1, 0.15) is 5.01 Å². The molecule has 0 radical (unpaired) electrons. The number of fused-ring (bicyclic) bond motifs is 1. The number of rotatable bonds is 4. The molecule has 5 rings (SSSR count). The van der Waals surface area contributed by atoms with E-state index in [1.165, 1.54) is 17.4 Å². The van der Waals surface area contributed by atoms with Crippen LogP contribution in [-0.4, -0.2) is 9.55 Å². The van der Waals surface area contributed by atoms with Crippen molar-refractivity contribution in [3.05, 3.63) is 75.4 Å². The van der Waals surface area contributed by atoms with E-state index in [0.717, 1.165) is 34.8 Å². The molecule has 0 bridgehead atoms. The minimum absolute atomic E-state index is 0.0787. The quantitative estimate of drug-likeness (QED) is 0.324. The molecule has 0 spiro atoms. The van der Waals surface area contributed by atoms with Crippen molar-refractivity contribution in [2.24, 2.45) is 0 Å². The average Bonchev–Trinajstić information content (AvgIpc) is 3.37. The lowest BCUT2D eigenvalue weighted by molar-refractivity contribution is -0.136. The van der Waals surface area contributed by atoms with Crippen LogP contribution in [0.1, 0.15) is 41.3 Å². The number of hydrogen-bond donors (Lipinski definition) is 0. The van der Waals surface area contributed by atoms with Gasteiger partial charge in [-0.25, -0.2) is 4.98 Å². The Labute approximate surface area is 185 Å². The topological polar surface area (TPSA) is 41.6 Å². The number of hydrogen-bond acceptors (Lipinski definition) is 3. The van der Waals surface area contributed by atoms with Crippen LogP contribution in [0.25, 0.3) is 21.5 Å². The molecule has 0 aliphatic heterocycles. The Morgan fingerprint density at radius 1 is 1.19 bits per heavy atom. The van der Waals surface area contributed by atoms with Gasteiger partial charge in [0.05, 0.1) is 34.5 Å². The van der Waals surface area contributed by atoms with E-state index >= 15 is 0 Å². The highest BCUT2D eigenvalue weighted by Crippen LogP contribution is 2.45. The van der Waals surface area contributed by atoms with Crippen LogP contribution in [0, 0.1) is 11.3 Å². The summed E-state index contributed by atoms with van der Waals surface area (Å²) in [6.07, 6.45) is -2.70. The van der Waals surface area contributed by atoms with Crippen molar-refractivity contribution >= 4 is 33.8 Å². The van der Waals surface area contributed by atoms with Gasteiger partial charge >= 0.3 is 6.18 Å². The monoisotopic (exact) mass is 457 g/mol. The minimum atomic E-state index is -4.60. The van der Waals surface area contributed by atoms with Gasteiger partial charge in [0.15, 0.2) is 0 Å². The maximum atomic E-state index is 13.8. The summed E-state index contributed by atoms with van der Waals surface area (Å²) in [6.45, 7) is 0.361. The molecule has 8 heteroatoms. The maximum absolute atomic E-state index is 13.8. The van der Waals surface area contributed by atoms with Gasteiger partial charge in [-0.2, -0.15) is 18.4 Å². The summed E-state index contributed by atoms with van der Waals surface area (Å²) < 4.78 is 43.3. The molecule has 0 atom stereocenters. The summed E-state index contributed by atoms with van der Waals surface area (Å²) in [7, 11) is 0. The SMILES string of the molecule is N#Cc1ccc2c(cc(C3CC3)n2Cc2csc(-c3ccccc3Cl)n2)c1C(F)(F)F. The van der Waals surface area contributed by atoms with Crippen molar-refractivity contribution < 1.29 is 13.2 Å². The molecule has 1 aliphatic carbocycles. The zero-order valence-electron chi connectivity index (χ0n) is 16.1. The highest BCUT2D eigenvalue weighted by Gasteiger charge is 2.38. The van der Waals surface area contributed by atoms with Gasteiger partial charge in [-0.15, -0.1) is 11.3 Å². The van der Waals surface area contributed by atoms with E-state index in [1.54, 1.807) is 24.3 Å². The smallest absolute Gasteiger partial charge is 0.338 e. The summed E-state index contributed by atoms with van der Waals surface area (Å²) in [6, 6.07) is 13.6. The van der Waals surface area contributed by atoms with Crippen LogP contribution in [0.3, 0.4) is 0 Å². The van der Waals surface area contributed by atoms with Crippen molar-refractivity contribution in [2.45, 2.75) is 31.5 Å². The number of aromatic nitrogens is 2. The van der Waals surface area contributed by atoms with Gasteiger partial charge in [0, 0.05) is 27.5 Å². The molecule has 3 nitrogen and oxygen atoms in total. The van der Waals surface area contributed by atoms with Gasteiger partial charge in [-0.1, -0.05) is 29.8 Å². The number of benzene rings is 2. The molecule has 2 aromatic heterocycles. The molecular weight excluding hydrogens is 443 g/mol. The zero-order chi connectivity index (χ0) is 21.8. The minimum Gasteiger partial charge on any atom is -0.338 e. The van der Waals surface area contributed by atoms with Crippen LogP contribution < -0.4 is 0 Å². The standard InChI is InChI=1S/C23H15ClF3N3S/c24-18-4-2-1-3-16(18)22-29-15(12-31-22)11-30-19-8-7-14(10-28)21(23(25,26)27)17(19)9-20(30)13-5-6-13/h1-4,7-9,12-13H,5-6,11H2. The van der Waals surface area contributed by atoms with E-state index in [9.17, 15) is 18.4 Å². The summed E-state index contributed by atoms with van der Waals surface area (Å²) >= 11 is 7.74. The third kappa shape index (κ3) is 3.60. The largest absolute Gasteiger partial charge is 0.418 e. The number of thiazole rings is 1. The van der Waals surface area contributed by atoms with E-state index in [4.69, 9.17) is 11.6 Å². The van der Waals surface area contributed by atoms with E-state index in [2.05, 4.69) is 4.98 Å². The molecule has 0 unspecified atom stereocenters.